The zero-order valence-corrected chi connectivity index (χ0v) is 11.6. The third-order valence-corrected chi connectivity index (χ3v) is 2.62. The molecule has 0 aromatic heterocycles. The van der Waals surface area contributed by atoms with E-state index in [2.05, 4.69) is 4.74 Å². The van der Waals surface area contributed by atoms with Gasteiger partial charge in [-0.25, -0.2) is 4.79 Å². The Hall–Kier alpha value is -1.75. The first-order chi connectivity index (χ1) is 9.20. The molecule has 0 spiro atoms. The van der Waals surface area contributed by atoms with Gasteiger partial charge in [0.1, 0.15) is 11.9 Å². The van der Waals surface area contributed by atoms with Crippen LogP contribution in [0.15, 0.2) is 18.2 Å². The second-order valence-corrected chi connectivity index (χ2v) is 3.85. The summed E-state index contributed by atoms with van der Waals surface area (Å²) < 4.78 is 15.5. The minimum atomic E-state index is -0.405. The van der Waals surface area contributed by atoms with Gasteiger partial charge in [-0.15, -0.1) is 0 Å². The van der Waals surface area contributed by atoms with E-state index in [9.17, 15) is 4.79 Å². The van der Waals surface area contributed by atoms with Gasteiger partial charge < -0.3 is 19.9 Å². The summed E-state index contributed by atoms with van der Waals surface area (Å²) in [5.74, 6) is 0.0981. The minimum Gasteiger partial charge on any atom is -0.486 e. The fourth-order valence-electron chi connectivity index (χ4n) is 1.67. The molecule has 106 valence electrons. The Labute approximate surface area is 113 Å². The highest BCUT2D eigenvalue weighted by molar-refractivity contribution is 5.90. The lowest BCUT2D eigenvalue weighted by Crippen LogP contribution is -2.17. The number of carbonyl (C=O) groups excluding carboxylic acids is 1. The van der Waals surface area contributed by atoms with Gasteiger partial charge in [-0.1, -0.05) is 13.8 Å². The predicted molar refractivity (Wildman–Crippen MR) is 73.4 cm³/mol. The molecule has 0 amide bonds. The number of anilines is 1. The van der Waals surface area contributed by atoms with Crippen LogP contribution in [0.25, 0.3) is 0 Å². The second-order valence-electron chi connectivity index (χ2n) is 3.85. The molecule has 2 N–H and O–H groups in total. The van der Waals surface area contributed by atoms with Crippen molar-refractivity contribution in [1.82, 2.24) is 0 Å². The van der Waals surface area contributed by atoms with Crippen LogP contribution in [0.5, 0.6) is 5.75 Å². The van der Waals surface area contributed by atoms with Gasteiger partial charge in [0.2, 0.25) is 0 Å². The van der Waals surface area contributed by atoms with Crippen LogP contribution < -0.4 is 10.5 Å². The molecule has 1 aromatic rings. The van der Waals surface area contributed by atoms with Gasteiger partial charge >= 0.3 is 5.97 Å². The molecular formula is C14H21NO4. The van der Waals surface area contributed by atoms with Gasteiger partial charge in [0.15, 0.2) is 0 Å². The van der Waals surface area contributed by atoms with Crippen LogP contribution in [-0.4, -0.2) is 32.4 Å². The van der Waals surface area contributed by atoms with Gasteiger partial charge in [-0.2, -0.15) is 0 Å². The Morgan fingerprint density at radius 3 is 2.74 bits per heavy atom. The molecule has 1 aromatic carbocycles. The van der Waals surface area contributed by atoms with E-state index in [0.717, 1.165) is 6.42 Å². The highest BCUT2D eigenvalue weighted by atomic mass is 16.5. The van der Waals surface area contributed by atoms with Crippen LogP contribution in [0.3, 0.4) is 0 Å². The monoisotopic (exact) mass is 267 g/mol. The molecule has 5 heteroatoms. The van der Waals surface area contributed by atoms with Crippen molar-refractivity contribution in [1.29, 1.82) is 0 Å². The van der Waals surface area contributed by atoms with E-state index in [1.807, 2.05) is 13.8 Å². The third kappa shape index (κ3) is 4.13. The standard InChI is InChI=1S/C12H15NO4.C2H6/c1-15-12(14)8-2-3-10(13)11(6-8)17-9-4-5-16-7-9;1-2/h2-3,6,9H,4-5,7,13H2,1H3;1-2H3. The molecule has 1 atom stereocenters. The molecular weight excluding hydrogens is 246 g/mol. The Morgan fingerprint density at radius 1 is 1.42 bits per heavy atom. The number of methoxy groups -OCH3 is 1. The molecule has 2 rings (SSSR count). The zero-order valence-electron chi connectivity index (χ0n) is 11.6. The minimum absolute atomic E-state index is 0.00481. The number of nitrogen functional groups attached to an aromatic ring is 1. The highest BCUT2D eigenvalue weighted by Crippen LogP contribution is 2.26. The van der Waals surface area contributed by atoms with Gasteiger partial charge in [-0.3, -0.25) is 0 Å². The number of benzene rings is 1. The van der Waals surface area contributed by atoms with E-state index in [4.69, 9.17) is 15.2 Å². The van der Waals surface area contributed by atoms with E-state index in [-0.39, 0.29) is 6.10 Å². The Morgan fingerprint density at radius 2 is 2.16 bits per heavy atom. The lowest BCUT2D eigenvalue weighted by molar-refractivity contribution is 0.0600. The quantitative estimate of drug-likeness (QED) is 0.672. The van der Waals surface area contributed by atoms with Crippen molar-refractivity contribution in [2.45, 2.75) is 26.4 Å². The van der Waals surface area contributed by atoms with Crippen molar-refractivity contribution in [3.8, 4) is 5.75 Å². The molecule has 1 saturated heterocycles. The number of nitrogens with two attached hydrogens (primary N) is 1. The predicted octanol–water partition coefficient (Wildman–Crippen LogP) is 2.25. The average molecular weight is 267 g/mol. The summed E-state index contributed by atoms with van der Waals surface area (Å²) in [5, 5.41) is 0. The van der Waals surface area contributed by atoms with Crippen LogP contribution in [-0.2, 0) is 9.47 Å². The summed E-state index contributed by atoms with van der Waals surface area (Å²) in [4.78, 5) is 11.4. The first kappa shape index (κ1) is 15.3. The smallest absolute Gasteiger partial charge is 0.337 e. The van der Waals surface area contributed by atoms with Gasteiger partial charge in [0.05, 0.1) is 31.6 Å². The van der Waals surface area contributed by atoms with Crippen LogP contribution in [0, 0.1) is 0 Å². The molecule has 1 heterocycles. The largest absolute Gasteiger partial charge is 0.486 e. The number of hydrogen-bond acceptors (Lipinski definition) is 5. The van der Waals surface area contributed by atoms with Crippen LogP contribution in [0.4, 0.5) is 5.69 Å². The van der Waals surface area contributed by atoms with Crippen molar-refractivity contribution in [2.24, 2.45) is 0 Å². The van der Waals surface area contributed by atoms with Crippen molar-refractivity contribution in [3.05, 3.63) is 23.8 Å². The van der Waals surface area contributed by atoms with Gasteiger partial charge in [0.25, 0.3) is 0 Å². The van der Waals surface area contributed by atoms with Gasteiger partial charge in [-0.05, 0) is 18.2 Å². The normalized spacial score (nSPS) is 17.3. The fraction of sp³-hybridized carbons (Fsp3) is 0.500. The Bertz CT molecular complexity index is 414. The maximum atomic E-state index is 11.4. The lowest BCUT2D eigenvalue weighted by Gasteiger charge is -2.14. The highest BCUT2D eigenvalue weighted by Gasteiger charge is 2.19. The van der Waals surface area contributed by atoms with E-state index < -0.39 is 5.97 Å². The molecule has 19 heavy (non-hydrogen) atoms. The molecule has 0 bridgehead atoms. The maximum Gasteiger partial charge on any atom is 0.337 e. The Balaban J connectivity index is 0.000000861. The molecule has 0 radical (unpaired) electrons. The number of hydrogen-bond donors (Lipinski definition) is 1. The van der Waals surface area contributed by atoms with Crippen LogP contribution in [0.2, 0.25) is 0 Å². The second kappa shape index (κ2) is 7.63. The summed E-state index contributed by atoms with van der Waals surface area (Å²) >= 11 is 0. The third-order valence-electron chi connectivity index (χ3n) is 2.62. The molecule has 1 aliphatic rings. The summed E-state index contributed by atoms with van der Waals surface area (Å²) in [6.45, 7) is 5.25. The van der Waals surface area contributed by atoms with Gasteiger partial charge in [0, 0.05) is 6.42 Å². The summed E-state index contributed by atoms with van der Waals surface area (Å²) in [7, 11) is 1.34. The number of carbonyl (C=O) groups is 1. The first-order valence-electron chi connectivity index (χ1n) is 6.43. The van der Waals surface area contributed by atoms with Crippen LogP contribution >= 0.6 is 0 Å². The van der Waals surface area contributed by atoms with E-state index in [1.165, 1.54) is 7.11 Å². The summed E-state index contributed by atoms with van der Waals surface area (Å²) in [5.41, 5.74) is 6.72. The number of ether oxygens (including phenoxy) is 3. The Kier molecular flexibility index (Phi) is 6.15. The molecule has 5 nitrogen and oxygen atoms in total. The van der Waals surface area contributed by atoms with Crippen molar-refractivity contribution < 1.29 is 19.0 Å². The summed E-state index contributed by atoms with van der Waals surface area (Å²) in [6.07, 6.45) is 0.840. The SMILES string of the molecule is CC.COC(=O)c1ccc(N)c(OC2CCOC2)c1. The van der Waals surface area contributed by atoms with Crippen molar-refractivity contribution in [3.63, 3.8) is 0 Å². The summed E-state index contributed by atoms with van der Waals surface area (Å²) in [6, 6.07) is 4.84. The van der Waals surface area contributed by atoms with E-state index in [1.54, 1.807) is 18.2 Å². The fourth-order valence-corrected chi connectivity index (χ4v) is 1.67. The molecule has 0 aliphatic carbocycles. The van der Waals surface area contributed by atoms with E-state index >= 15 is 0 Å². The molecule has 1 aliphatic heterocycles. The molecule has 0 saturated carbocycles. The van der Waals surface area contributed by atoms with Crippen molar-refractivity contribution >= 4 is 11.7 Å². The average Bonchev–Trinajstić information content (AvgIpc) is 2.95. The first-order valence-corrected chi connectivity index (χ1v) is 6.43. The maximum absolute atomic E-state index is 11.4. The van der Waals surface area contributed by atoms with E-state index in [0.29, 0.717) is 30.2 Å². The van der Waals surface area contributed by atoms with Crippen molar-refractivity contribution in [2.75, 3.05) is 26.1 Å². The van der Waals surface area contributed by atoms with Crippen LogP contribution in [0.1, 0.15) is 30.6 Å². The molecule has 1 unspecified atom stereocenters. The molecule has 1 fully saturated rings. The number of rotatable bonds is 3. The lowest BCUT2D eigenvalue weighted by atomic mass is 10.2. The zero-order chi connectivity index (χ0) is 14.3. The number of esters is 1. The topological polar surface area (TPSA) is 70.8 Å².